The van der Waals surface area contributed by atoms with Gasteiger partial charge in [-0.25, -0.2) is 0 Å². The Labute approximate surface area is 78.9 Å². The maximum atomic E-state index is 12.0. The predicted molar refractivity (Wildman–Crippen MR) is 49.0 cm³/mol. The van der Waals surface area contributed by atoms with E-state index < -0.39 is 0 Å². The summed E-state index contributed by atoms with van der Waals surface area (Å²) in [6.45, 7) is 0. The summed E-state index contributed by atoms with van der Waals surface area (Å²) in [6.07, 6.45) is 6.87. The van der Waals surface area contributed by atoms with Gasteiger partial charge in [0.1, 0.15) is 5.78 Å². The molecule has 6 atom stereocenters. The Bertz CT molecular complexity index is 283. The molecule has 4 aliphatic rings. The minimum Gasteiger partial charge on any atom is -0.299 e. The van der Waals surface area contributed by atoms with Crippen LogP contribution in [0.3, 0.4) is 0 Å². The standard InChI is InChI=1S/C12H16O/c13-12-8-4-5-9-10(11(9)12)7-3-1-2-6(7)8/h6-11H,1-5H2. The van der Waals surface area contributed by atoms with Crippen LogP contribution in [-0.4, -0.2) is 5.78 Å². The van der Waals surface area contributed by atoms with Crippen molar-refractivity contribution in [2.24, 2.45) is 35.5 Å². The van der Waals surface area contributed by atoms with Crippen LogP contribution >= 0.6 is 0 Å². The highest BCUT2D eigenvalue weighted by atomic mass is 16.1. The second-order valence-electron chi connectivity index (χ2n) is 5.61. The highest BCUT2D eigenvalue weighted by molar-refractivity contribution is 5.89. The molecule has 4 rings (SSSR count). The normalized spacial score (nSPS) is 62.0. The molecule has 0 spiro atoms. The molecule has 13 heavy (non-hydrogen) atoms. The summed E-state index contributed by atoms with van der Waals surface area (Å²) >= 11 is 0. The van der Waals surface area contributed by atoms with Gasteiger partial charge < -0.3 is 0 Å². The molecule has 70 valence electrons. The zero-order chi connectivity index (χ0) is 8.58. The van der Waals surface area contributed by atoms with E-state index in [2.05, 4.69) is 0 Å². The molecule has 4 fully saturated rings. The van der Waals surface area contributed by atoms with Crippen molar-refractivity contribution in [3.05, 3.63) is 0 Å². The third kappa shape index (κ3) is 0.660. The Hall–Kier alpha value is -0.330. The monoisotopic (exact) mass is 176 g/mol. The van der Waals surface area contributed by atoms with Gasteiger partial charge in [0, 0.05) is 11.8 Å². The fourth-order valence-electron chi connectivity index (χ4n) is 4.94. The van der Waals surface area contributed by atoms with Crippen LogP contribution in [0.1, 0.15) is 32.1 Å². The molecule has 0 aromatic rings. The summed E-state index contributed by atoms with van der Waals surface area (Å²) in [4.78, 5) is 12.0. The van der Waals surface area contributed by atoms with E-state index in [4.69, 9.17) is 0 Å². The molecule has 1 heteroatoms. The van der Waals surface area contributed by atoms with Gasteiger partial charge in [-0.05, 0) is 49.4 Å². The van der Waals surface area contributed by atoms with Crippen LogP contribution in [0.25, 0.3) is 0 Å². The summed E-state index contributed by atoms with van der Waals surface area (Å²) < 4.78 is 0. The lowest BCUT2D eigenvalue weighted by molar-refractivity contribution is -0.130. The number of hydrogen-bond acceptors (Lipinski definition) is 1. The molecule has 0 saturated heterocycles. The van der Waals surface area contributed by atoms with E-state index in [1.54, 1.807) is 0 Å². The highest BCUT2D eigenvalue weighted by Crippen LogP contribution is 2.68. The molecule has 0 aliphatic heterocycles. The number of rotatable bonds is 0. The van der Waals surface area contributed by atoms with Gasteiger partial charge in [0.25, 0.3) is 0 Å². The number of Topliss-reactive ketones (excluding diaryl/α,β-unsaturated/α-hetero) is 1. The molecule has 0 N–H and O–H groups in total. The molecule has 2 bridgehead atoms. The fourth-order valence-corrected chi connectivity index (χ4v) is 4.94. The first-order valence-electron chi connectivity index (χ1n) is 5.91. The van der Waals surface area contributed by atoms with Crippen LogP contribution in [0, 0.1) is 35.5 Å². The Balaban J connectivity index is 1.81. The second-order valence-corrected chi connectivity index (χ2v) is 5.61. The van der Waals surface area contributed by atoms with E-state index in [0.717, 1.165) is 23.7 Å². The van der Waals surface area contributed by atoms with Gasteiger partial charge in [-0.2, -0.15) is 0 Å². The van der Waals surface area contributed by atoms with Gasteiger partial charge in [-0.3, -0.25) is 4.79 Å². The largest absolute Gasteiger partial charge is 0.299 e. The Kier molecular flexibility index (Phi) is 1.09. The molecule has 0 radical (unpaired) electrons. The lowest BCUT2D eigenvalue weighted by atomic mass is 9.71. The van der Waals surface area contributed by atoms with Crippen LogP contribution < -0.4 is 0 Å². The maximum absolute atomic E-state index is 12.0. The summed E-state index contributed by atoms with van der Waals surface area (Å²) in [5.74, 6) is 5.33. The average molecular weight is 176 g/mol. The van der Waals surface area contributed by atoms with E-state index >= 15 is 0 Å². The topological polar surface area (TPSA) is 17.1 Å². The van der Waals surface area contributed by atoms with Crippen molar-refractivity contribution in [3.8, 4) is 0 Å². The lowest BCUT2D eigenvalue weighted by Crippen LogP contribution is -2.34. The number of hydrogen-bond donors (Lipinski definition) is 0. The van der Waals surface area contributed by atoms with Crippen molar-refractivity contribution in [2.75, 3.05) is 0 Å². The average Bonchev–Trinajstić information content (AvgIpc) is 2.73. The number of carbonyl (C=O) groups excluding carboxylic acids is 1. The molecule has 6 unspecified atom stereocenters. The molecular formula is C12H16O. The Morgan fingerprint density at radius 1 is 0.923 bits per heavy atom. The number of carbonyl (C=O) groups is 1. The summed E-state index contributed by atoms with van der Waals surface area (Å²) in [5.41, 5.74) is 0. The van der Waals surface area contributed by atoms with Gasteiger partial charge >= 0.3 is 0 Å². The van der Waals surface area contributed by atoms with Crippen molar-refractivity contribution >= 4 is 5.78 Å². The van der Waals surface area contributed by atoms with Gasteiger partial charge in [0.2, 0.25) is 0 Å². The zero-order valence-electron chi connectivity index (χ0n) is 7.91. The van der Waals surface area contributed by atoms with Crippen molar-refractivity contribution < 1.29 is 4.79 Å². The first-order chi connectivity index (χ1) is 6.38. The third-order valence-corrected chi connectivity index (χ3v) is 5.37. The van der Waals surface area contributed by atoms with Gasteiger partial charge in [-0.1, -0.05) is 6.42 Å². The minimum atomic E-state index is 0.521. The molecule has 4 aliphatic carbocycles. The van der Waals surface area contributed by atoms with Crippen LogP contribution in [0.5, 0.6) is 0 Å². The summed E-state index contributed by atoms with van der Waals surface area (Å²) in [6, 6.07) is 0. The maximum Gasteiger partial charge on any atom is 0.139 e. The van der Waals surface area contributed by atoms with Crippen molar-refractivity contribution in [3.63, 3.8) is 0 Å². The first-order valence-corrected chi connectivity index (χ1v) is 5.91. The van der Waals surface area contributed by atoms with Crippen LogP contribution in [-0.2, 0) is 4.79 Å². The van der Waals surface area contributed by atoms with Gasteiger partial charge in [0.15, 0.2) is 0 Å². The van der Waals surface area contributed by atoms with Gasteiger partial charge in [0.05, 0.1) is 0 Å². The first kappa shape index (κ1) is 7.03. The van der Waals surface area contributed by atoms with E-state index in [0.29, 0.717) is 17.6 Å². The van der Waals surface area contributed by atoms with Crippen LogP contribution in [0.4, 0.5) is 0 Å². The second kappa shape index (κ2) is 2.02. The Morgan fingerprint density at radius 2 is 1.77 bits per heavy atom. The summed E-state index contributed by atoms with van der Waals surface area (Å²) in [7, 11) is 0. The molecule has 0 aromatic carbocycles. The molecular weight excluding hydrogens is 160 g/mol. The molecule has 0 heterocycles. The van der Waals surface area contributed by atoms with Gasteiger partial charge in [-0.15, -0.1) is 0 Å². The van der Waals surface area contributed by atoms with E-state index in [1.807, 2.05) is 0 Å². The van der Waals surface area contributed by atoms with E-state index in [9.17, 15) is 4.79 Å². The predicted octanol–water partition coefficient (Wildman–Crippen LogP) is 2.26. The minimum absolute atomic E-state index is 0.521. The van der Waals surface area contributed by atoms with E-state index in [-0.39, 0.29) is 0 Å². The third-order valence-electron chi connectivity index (χ3n) is 5.37. The van der Waals surface area contributed by atoms with Crippen molar-refractivity contribution in [1.29, 1.82) is 0 Å². The van der Waals surface area contributed by atoms with E-state index in [1.165, 1.54) is 32.1 Å². The number of ketones is 1. The SMILES string of the molecule is O=C1C2CCC3C1C3C1CCCC21. The van der Waals surface area contributed by atoms with Crippen LogP contribution in [0.2, 0.25) is 0 Å². The fraction of sp³-hybridized carbons (Fsp3) is 0.917. The number of fused-ring (bicyclic) bond motifs is 5. The molecule has 0 amide bonds. The van der Waals surface area contributed by atoms with Crippen molar-refractivity contribution in [2.45, 2.75) is 32.1 Å². The molecule has 1 nitrogen and oxygen atoms in total. The molecule has 4 saturated carbocycles. The summed E-state index contributed by atoms with van der Waals surface area (Å²) in [5, 5.41) is 0. The van der Waals surface area contributed by atoms with Crippen LogP contribution in [0.15, 0.2) is 0 Å². The lowest BCUT2D eigenvalue weighted by Gasteiger charge is -2.32. The van der Waals surface area contributed by atoms with Crippen molar-refractivity contribution in [1.82, 2.24) is 0 Å². The Morgan fingerprint density at radius 3 is 2.69 bits per heavy atom. The highest BCUT2D eigenvalue weighted by Gasteiger charge is 2.67. The smallest absolute Gasteiger partial charge is 0.139 e. The molecule has 0 aromatic heterocycles. The quantitative estimate of drug-likeness (QED) is 0.553. The zero-order valence-corrected chi connectivity index (χ0v) is 7.91.